The number of para-hydroxylation sites is 1. The zero-order valence-corrected chi connectivity index (χ0v) is 16.6. The van der Waals surface area contributed by atoms with Gasteiger partial charge in [0.25, 0.3) is 0 Å². The number of ether oxygens (including phenoxy) is 3. The highest BCUT2D eigenvalue weighted by molar-refractivity contribution is 5.62. The molecule has 1 aromatic heterocycles. The van der Waals surface area contributed by atoms with E-state index in [4.69, 9.17) is 14.2 Å². The number of nitrogens with zero attached hydrogens (tertiary/aromatic N) is 2. The Morgan fingerprint density at radius 2 is 1.82 bits per heavy atom. The smallest absolute Gasteiger partial charge is 0.203 e. The van der Waals surface area contributed by atoms with Gasteiger partial charge in [-0.3, -0.25) is 0 Å². The summed E-state index contributed by atoms with van der Waals surface area (Å²) in [6.07, 6.45) is 1.88. The number of rotatable bonds is 10. The Labute approximate surface area is 166 Å². The molecular formula is C22H27N3O3. The van der Waals surface area contributed by atoms with Crippen LogP contribution in [0.25, 0.3) is 11.3 Å². The van der Waals surface area contributed by atoms with Gasteiger partial charge >= 0.3 is 0 Å². The van der Waals surface area contributed by atoms with Crippen molar-refractivity contribution >= 4 is 5.95 Å². The van der Waals surface area contributed by atoms with E-state index in [1.54, 1.807) is 14.2 Å². The zero-order valence-electron chi connectivity index (χ0n) is 16.6. The van der Waals surface area contributed by atoms with Crippen LogP contribution in [0.3, 0.4) is 0 Å². The molecule has 6 nitrogen and oxygen atoms in total. The lowest BCUT2D eigenvalue weighted by atomic mass is 10.1. The Morgan fingerprint density at radius 3 is 2.54 bits per heavy atom. The molecule has 148 valence electrons. The molecule has 3 aromatic rings. The molecule has 0 spiro atoms. The predicted molar refractivity (Wildman–Crippen MR) is 111 cm³/mol. The first kappa shape index (κ1) is 19.8. The van der Waals surface area contributed by atoms with E-state index in [2.05, 4.69) is 27.0 Å². The van der Waals surface area contributed by atoms with E-state index in [0.717, 1.165) is 34.3 Å². The molecule has 0 bridgehead atoms. The first-order valence-electron chi connectivity index (χ1n) is 9.40. The van der Waals surface area contributed by atoms with E-state index in [9.17, 15) is 0 Å². The van der Waals surface area contributed by atoms with Crippen LogP contribution in [-0.4, -0.2) is 37.0 Å². The summed E-state index contributed by atoms with van der Waals surface area (Å²) in [7, 11) is 3.39. The second-order valence-electron chi connectivity index (χ2n) is 6.23. The van der Waals surface area contributed by atoms with Crippen molar-refractivity contribution in [2.24, 2.45) is 0 Å². The average molecular weight is 381 g/mol. The molecule has 0 fully saturated rings. The average Bonchev–Trinajstić information content (AvgIpc) is 3.14. The van der Waals surface area contributed by atoms with Crippen molar-refractivity contribution in [1.29, 1.82) is 0 Å². The molecule has 3 rings (SSSR count). The van der Waals surface area contributed by atoms with Crippen LogP contribution in [0.4, 0.5) is 5.95 Å². The van der Waals surface area contributed by atoms with Gasteiger partial charge in [-0.2, -0.15) is 0 Å². The molecular weight excluding hydrogens is 354 g/mol. The van der Waals surface area contributed by atoms with Crippen LogP contribution in [0.1, 0.15) is 12.5 Å². The summed E-state index contributed by atoms with van der Waals surface area (Å²) < 4.78 is 18.4. The summed E-state index contributed by atoms with van der Waals surface area (Å²) in [6.45, 7) is 4.56. The first-order valence-corrected chi connectivity index (χ1v) is 9.40. The maximum absolute atomic E-state index is 5.54. The van der Waals surface area contributed by atoms with Crippen molar-refractivity contribution in [1.82, 2.24) is 9.55 Å². The van der Waals surface area contributed by atoms with Crippen LogP contribution < -0.4 is 14.8 Å². The summed E-state index contributed by atoms with van der Waals surface area (Å²) in [4.78, 5) is 4.60. The normalized spacial score (nSPS) is 10.7. The van der Waals surface area contributed by atoms with Gasteiger partial charge in [-0.25, -0.2) is 4.98 Å². The Hall–Kier alpha value is -2.99. The van der Waals surface area contributed by atoms with E-state index in [1.807, 2.05) is 49.5 Å². The molecule has 0 saturated carbocycles. The van der Waals surface area contributed by atoms with Crippen molar-refractivity contribution in [2.45, 2.75) is 20.0 Å². The maximum atomic E-state index is 5.54. The van der Waals surface area contributed by atoms with Gasteiger partial charge in [0.1, 0.15) is 11.5 Å². The Balaban J connectivity index is 1.83. The highest BCUT2D eigenvalue weighted by atomic mass is 16.5. The maximum Gasteiger partial charge on any atom is 0.203 e. The SMILES string of the molecule is CCOc1ccc(-c2cnc(NCc3ccccc3OC)n2CCOC)cc1. The highest BCUT2D eigenvalue weighted by Crippen LogP contribution is 2.26. The number of hydrogen-bond acceptors (Lipinski definition) is 5. The number of anilines is 1. The van der Waals surface area contributed by atoms with Crippen molar-refractivity contribution in [3.63, 3.8) is 0 Å². The van der Waals surface area contributed by atoms with Crippen LogP contribution in [0.2, 0.25) is 0 Å². The lowest BCUT2D eigenvalue weighted by Gasteiger charge is -2.14. The second-order valence-corrected chi connectivity index (χ2v) is 6.23. The van der Waals surface area contributed by atoms with E-state index in [-0.39, 0.29) is 0 Å². The minimum Gasteiger partial charge on any atom is -0.496 e. The third-order valence-electron chi connectivity index (χ3n) is 4.47. The summed E-state index contributed by atoms with van der Waals surface area (Å²) in [6, 6.07) is 16.0. The molecule has 0 aliphatic heterocycles. The predicted octanol–water partition coefficient (Wildman–Crippen LogP) is 4.22. The summed E-state index contributed by atoms with van der Waals surface area (Å²) in [5, 5.41) is 3.43. The fourth-order valence-corrected chi connectivity index (χ4v) is 3.07. The minimum absolute atomic E-state index is 0.601. The molecule has 0 unspecified atom stereocenters. The fourth-order valence-electron chi connectivity index (χ4n) is 3.07. The van der Waals surface area contributed by atoms with Gasteiger partial charge in [0.05, 0.1) is 32.2 Å². The van der Waals surface area contributed by atoms with Crippen LogP contribution in [0.5, 0.6) is 11.5 Å². The Morgan fingerprint density at radius 1 is 1.04 bits per heavy atom. The number of hydrogen-bond donors (Lipinski definition) is 1. The fraction of sp³-hybridized carbons (Fsp3) is 0.318. The third-order valence-corrected chi connectivity index (χ3v) is 4.47. The number of nitrogens with one attached hydrogen (secondary N) is 1. The van der Waals surface area contributed by atoms with Gasteiger partial charge in [-0.05, 0) is 37.3 Å². The molecule has 2 aromatic carbocycles. The lowest BCUT2D eigenvalue weighted by Crippen LogP contribution is -2.12. The van der Waals surface area contributed by atoms with Crippen molar-refractivity contribution < 1.29 is 14.2 Å². The molecule has 0 atom stereocenters. The Bertz CT molecular complexity index is 875. The number of imidazole rings is 1. The molecule has 0 radical (unpaired) electrons. The van der Waals surface area contributed by atoms with Crippen LogP contribution in [0.15, 0.2) is 54.7 Å². The molecule has 0 amide bonds. The number of methoxy groups -OCH3 is 2. The summed E-state index contributed by atoms with van der Waals surface area (Å²) in [5.41, 5.74) is 3.19. The number of aromatic nitrogens is 2. The Kier molecular flexibility index (Phi) is 6.92. The van der Waals surface area contributed by atoms with Crippen molar-refractivity contribution in [3.8, 4) is 22.8 Å². The molecule has 0 aliphatic carbocycles. The van der Waals surface area contributed by atoms with Gasteiger partial charge < -0.3 is 24.1 Å². The summed E-state index contributed by atoms with van der Waals surface area (Å²) in [5.74, 6) is 2.52. The minimum atomic E-state index is 0.601. The zero-order chi connectivity index (χ0) is 19.8. The van der Waals surface area contributed by atoms with Crippen LogP contribution in [0, 0.1) is 0 Å². The van der Waals surface area contributed by atoms with Gasteiger partial charge in [-0.1, -0.05) is 18.2 Å². The van der Waals surface area contributed by atoms with Gasteiger partial charge in [0.15, 0.2) is 0 Å². The first-order chi connectivity index (χ1) is 13.8. The van der Waals surface area contributed by atoms with Crippen LogP contribution >= 0.6 is 0 Å². The monoisotopic (exact) mass is 381 g/mol. The molecule has 6 heteroatoms. The van der Waals surface area contributed by atoms with Crippen molar-refractivity contribution in [3.05, 3.63) is 60.3 Å². The molecule has 0 saturated heterocycles. The summed E-state index contributed by atoms with van der Waals surface area (Å²) >= 11 is 0. The highest BCUT2D eigenvalue weighted by Gasteiger charge is 2.12. The molecule has 1 heterocycles. The standard InChI is InChI=1S/C22H27N3O3/c1-4-28-19-11-9-17(10-12-19)20-16-24-22(25(20)13-14-26-2)23-15-18-7-5-6-8-21(18)27-3/h5-12,16H,4,13-15H2,1-3H3,(H,23,24). The van der Waals surface area contributed by atoms with E-state index in [1.165, 1.54) is 0 Å². The van der Waals surface area contributed by atoms with Gasteiger partial charge in [-0.15, -0.1) is 0 Å². The molecule has 0 aliphatic rings. The lowest BCUT2D eigenvalue weighted by molar-refractivity contribution is 0.188. The molecule has 1 N–H and O–H groups in total. The molecule has 28 heavy (non-hydrogen) atoms. The van der Waals surface area contributed by atoms with E-state index < -0.39 is 0 Å². The topological polar surface area (TPSA) is 57.5 Å². The second kappa shape index (κ2) is 9.80. The van der Waals surface area contributed by atoms with E-state index >= 15 is 0 Å². The van der Waals surface area contributed by atoms with E-state index in [0.29, 0.717) is 26.3 Å². The quantitative estimate of drug-likeness (QED) is 0.570. The van der Waals surface area contributed by atoms with Gasteiger partial charge in [0, 0.05) is 31.3 Å². The van der Waals surface area contributed by atoms with Crippen molar-refractivity contribution in [2.75, 3.05) is 32.8 Å². The van der Waals surface area contributed by atoms with Crippen LogP contribution in [-0.2, 0) is 17.8 Å². The largest absolute Gasteiger partial charge is 0.496 e. The third kappa shape index (κ3) is 4.64. The van der Waals surface area contributed by atoms with Gasteiger partial charge in [0.2, 0.25) is 5.95 Å². The number of benzene rings is 2.